The summed E-state index contributed by atoms with van der Waals surface area (Å²) in [6.07, 6.45) is -3.28. The molecule has 0 bridgehead atoms. The van der Waals surface area contributed by atoms with Crippen molar-refractivity contribution in [1.29, 1.82) is 0 Å². The predicted molar refractivity (Wildman–Crippen MR) is 96.6 cm³/mol. The number of halogens is 4. The van der Waals surface area contributed by atoms with E-state index in [1.165, 1.54) is 39.7 Å². The minimum atomic E-state index is -4.55. The van der Waals surface area contributed by atoms with Crippen LogP contribution in [0.3, 0.4) is 0 Å². The molecule has 1 unspecified atom stereocenters. The molecule has 1 atom stereocenters. The zero-order chi connectivity index (χ0) is 20.5. The van der Waals surface area contributed by atoms with Crippen molar-refractivity contribution in [2.45, 2.75) is 24.9 Å². The molecule has 1 aromatic carbocycles. The maximum atomic E-state index is 13.8. The average Bonchev–Trinajstić information content (AvgIpc) is 2.62. The maximum absolute atomic E-state index is 13.8. The third-order valence-corrected chi connectivity index (χ3v) is 6.54. The summed E-state index contributed by atoms with van der Waals surface area (Å²) in [6, 6.07) is 7.18. The van der Waals surface area contributed by atoms with Gasteiger partial charge in [0.1, 0.15) is 11.6 Å². The van der Waals surface area contributed by atoms with Crippen molar-refractivity contribution >= 4 is 15.8 Å². The molecule has 1 aliphatic heterocycles. The second kappa shape index (κ2) is 7.67. The van der Waals surface area contributed by atoms with Gasteiger partial charge in [-0.2, -0.15) is 17.5 Å². The van der Waals surface area contributed by atoms with Gasteiger partial charge in [-0.05, 0) is 25.1 Å². The zero-order valence-electron chi connectivity index (χ0n) is 15.0. The molecule has 0 aliphatic carbocycles. The van der Waals surface area contributed by atoms with E-state index < -0.39 is 39.4 Å². The van der Waals surface area contributed by atoms with E-state index in [4.69, 9.17) is 0 Å². The van der Waals surface area contributed by atoms with E-state index in [9.17, 15) is 26.0 Å². The fourth-order valence-electron chi connectivity index (χ4n) is 3.31. The Morgan fingerprint density at radius 2 is 1.86 bits per heavy atom. The van der Waals surface area contributed by atoms with E-state index >= 15 is 0 Å². The Kier molecular flexibility index (Phi) is 5.62. The average molecular weight is 417 g/mol. The Bertz CT molecular complexity index is 950. The van der Waals surface area contributed by atoms with Crippen molar-refractivity contribution in [3.8, 4) is 0 Å². The van der Waals surface area contributed by atoms with E-state index in [1.807, 2.05) is 0 Å². The summed E-state index contributed by atoms with van der Waals surface area (Å²) in [7, 11) is -3.83. The van der Waals surface area contributed by atoms with Crippen LogP contribution in [0.4, 0.5) is 23.4 Å². The number of sulfonamides is 1. The molecule has 0 radical (unpaired) electrons. The van der Waals surface area contributed by atoms with E-state index in [-0.39, 0.29) is 31.0 Å². The molecule has 2 aromatic rings. The number of alkyl halides is 3. The van der Waals surface area contributed by atoms with Gasteiger partial charge in [-0.1, -0.05) is 18.2 Å². The van der Waals surface area contributed by atoms with E-state index in [1.54, 1.807) is 13.0 Å². The largest absolute Gasteiger partial charge is 0.419 e. The van der Waals surface area contributed by atoms with Crippen molar-refractivity contribution in [2.75, 3.05) is 24.5 Å². The summed E-state index contributed by atoms with van der Waals surface area (Å²) >= 11 is 0. The summed E-state index contributed by atoms with van der Waals surface area (Å²) in [4.78, 5) is 5.29. The van der Waals surface area contributed by atoms with Crippen molar-refractivity contribution in [2.24, 2.45) is 0 Å². The molecular formula is C18H19F4N3O2S. The number of hydrogen-bond acceptors (Lipinski definition) is 4. The smallest absolute Gasteiger partial charge is 0.353 e. The molecule has 5 nitrogen and oxygen atoms in total. The number of hydrogen-bond donors (Lipinski definition) is 0. The van der Waals surface area contributed by atoms with Crippen LogP contribution in [0.1, 0.15) is 18.1 Å². The molecule has 28 heavy (non-hydrogen) atoms. The van der Waals surface area contributed by atoms with Crippen LogP contribution in [0.25, 0.3) is 0 Å². The Morgan fingerprint density at radius 1 is 1.14 bits per heavy atom. The summed E-state index contributed by atoms with van der Waals surface area (Å²) in [5, 5.41) is 0. The fourth-order valence-corrected chi connectivity index (χ4v) is 5.08. The Labute approximate surface area is 160 Å². The minimum Gasteiger partial charge on any atom is -0.353 e. The van der Waals surface area contributed by atoms with Gasteiger partial charge in [0.2, 0.25) is 10.0 Å². The van der Waals surface area contributed by atoms with Crippen molar-refractivity contribution in [3.05, 3.63) is 59.5 Å². The summed E-state index contributed by atoms with van der Waals surface area (Å²) in [6.45, 7) is 1.71. The van der Waals surface area contributed by atoms with Crippen molar-refractivity contribution < 1.29 is 26.0 Å². The lowest BCUT2D eigenvalue weighted by Gasteiger charge is -2.40. The summed E-state index contributed by atoms with van der Waals surface area (Å²) in [5.41, 5.74) is -0.800. The Hall–Kier alpha value is -2.20. The molecule has 1 aliphatic rings. The van der Waals surface area contributed by atoms with Crippen molar-refractivity contribution in [3.63, 3.8) is 0 Å². The number of rotatable bonds is 4. The third kappa shape index (κ3) is 4.27. The van der Waals surface area contributed by atoms with Crippen LogP contribution in [-0.2, 0) is 22.0 Å². The van der Waals surface area contributed by atoms with Gasteiger partial charge in [0, 0.05) is 37.4 Å². The first-order valence-corrected chi connectivity index (χ1v) is 10.2. The van der Waals surface area contributed by atoms with Gasteiger partial charge in [0.05, 0.1) is 11.3 Å². The van der Waals surface area contributed by atoms with Gasteiger partial charge in [0.15, 0.2) is 0 Å². The first kappa shape index (κ1) is 20.5. The van der Waals surface area contributed by atoms with Gasteiger partial charge < -0.3 is 4.90 Å². The van der Waals surface area contributed by atoms with Gasteiger partial charge in [0.25, 0.3) is 0 Å². The molecule has 1 aromatic heterocycles. The van der Waals surface area contributed by atoms with Crippen LogP contribution < -0.4 is 4.90 Å². The van der Waals surface area contributed by atoms with Gasteiger partial charge >= 0.3 is 6.18 Å². The summed E-state index contributed by atoms with van der Waals surface area (Å²) < 4.78 is 80.2. The molecule has 0 saturated carbocycles. The van der Waals surface area contributed by atoms with Gasteiger partial charge in [-0.25, -0.2) is 17.8 Å². The molecule has 152 valence electrons. The molecule has 1 saturated heterocycles. The molecule has 3 rings (SSSR count). The van der Waals surface area contributed by atoms with Gasteiger partial charge in [-0.3, -0.25) is 0 Å². The monoisotopic (exact) mass is 417 g/mol. The van der Waals surface area contributed by atoms with Crippen LogP contribution >= 0.6 is 0 Å². The molecular weight excluding hydrogens is 398 g/mol. The lowest BCUT2D eigenvalue weighted by Crippen LogP contribution is -2.54. The minimum absolute atomic E-state index is 0.00811. The summed E-state index contributed by atoms with van der Waals surface area (Å²) in [5.74, 6) is -1.32. The lowest BCUT2D eigenvalue weighted by atomic mass is 10.2. The zero-order valence-corrected chi connectivity index (χ0v) is 15.8. The number of anilines is 1. The Balaban J connectivity index is 1.78. The quantitative estimate of drug-likeness (QED) is 0.717. The van der Waals surface area contributed by atoms with Crippen molar-refractivity contribution in [1.82, 2.24) is 9.29 Å². The van der Waals surface area contributed by atoms with E-state index in [0.29, 0.717) is 0 Å². The molecule has 10 heteroatoms. The lowest BCUT2D eigenvalue weighted by molar-refractivity contribution is -0.137. The molecule has 0 spiro atoms. The first-order chi connectivity index (χ1) is 13.1. The van der Waals surface area contributed by atoms with E-state index in [2.05, 4.69) is 4.98 Å². The standard InChI is InChI=1S/C18H19F4N3O2S/c1-13-11-24(17-15(18(20,21)22)6-4-8-23-17)9-10-25(13)28(26,27)12-14-5-2-3-7-16(14)19/h2-8,13H,9-12H2,1H3. The molecule has 0 N–H and O–H groups in total. The molecule has 0 amide bonds. The predicted octanol–water partition coefficient (Wildman–Crippen LogP) is 3.28. The normalized spacial score (nSPS) is 19.0. The number of nitrogens with zero attached hydrogens (tertiary/aromatic N) is 3. The Morgan fingerprint density at radius 3 is 2.50 bits per heavy atom. The highest BCUT2D eigenvalue weighted by Gasteiger charge is 2.39. The topological polar surface area (TPSA) is 53.5 Å². The second-order valence-corrected chi connectivity index (χ2v) is 8.55. The SMILES string of the molecule is CC1CN(c2ncccc2C(F)(F)F)CCN1S(=O)(=O)Cc1ccccc1F. The molecule has 2 heterocycles. The van der Waals surface area contributed by atoms with Crippen LogP contribution in [0.15, 0.2) is 42.6 Å². The number of aromatic nitrogens is 1. The highest BCUT2D eigenvalue weighted by molar-refractivity contribution is 7.88. The second-order valence-electron chi connectivity index (χ2n) is 6.63. The number of pyridine rings is 1. The van der Waals surface area contributed by atoms with Crippen LogP contribution in [0.2, 0.25) is 0 Å². The fraction of sp³-hybridized carbons (Fsp3) is 0.389. The molecule has 1 fully saturated rings. The number of piperazine rings is 1. The van der Waals surface area contributed by atoms with E-state index in [0.717, 1.165) is 6.07 Å². The van der Waals surface area contributed by atoms with Crippen LogP contribution in [-0.4, -0.2) is 43.4 Å². The van der Waals surface area contributed by atoms with Crippen LogP contribution in [0.5, 0.6) is 0 Å². The van der Waals surface area contributed by atoms with Crippen LogP contribution in [0, 0.1) is 5.82 Å². The highest BCUT2D eigenvalue weighted by Crippen LogP contribution is 2.36. The number of benzene rings is 1. The van der Waals surface area contributed by atoms with Gasteiger partial charge in [-0.15, -0.1) is 0 Å². The highest BCUT2D eigenvalue weighted by atomic mass is 32.2. The third-order valence-electron chi connectivity index (χ3n) is 4.61. The first-order valence-electron chi connectivity index (χ1n) is 8.59. The maximum Gasteiger partial charge on any atom is 0.419 e.